The summed E-state index contributed by atoms with van der Waals surface area (Å²) < 4.78 is 0. The van der Waals surface area contributed by atoms with Crippen LogP contribution in [-0.4, -0.2) is 0 Å². The molecule has 4 radical (unpaired) electrons. The van der Waals surface area contributed by atoms with Crippen molar-refractivity contribution in [2.45, 2.75) is 25.7 Å². The second-order valence-corrected chi connectivity index (χ2v) is 1.69. The lowest BCUT2D eigenvalue weighted by Crippen LogP contribution is -1.68. The average Bonchev–Trinajstić information content (AvgIpc) is 1.90. The first-order valence-corrected chi connectivity index (χ1v) is 2.71. The van der Waals surface area contributed by atoms with Crippen molar-refractivity contribution >= 4 is 0 Å². The van der Waals surface area contributed by atoms with Gasteiger partial charge in [0, 0.05) is 6.42 Å². The lowest BCUT2D eigenvalue weighted by molar-refractivity contribution is 0.757. The zero-order valence-corrected chi connectivity index (χ0v) is 4.33. The standard InChI is InChI=1S/C7H8/c1-2-4-6-7-5-3-1/h1-4H2. The molecule has 0 heteroatoms. The fourth-order valence-corrected chi connectivity index (χ4v) is 0.614. The Labute approximate surface area is 45.2 Å². The summed E-state index contributed by atoms with van der Waals surface area (Å²) in [7, 11) is 0. The summed E-state index contributed by atoms with van der Waals surface area (Å²) in [5.74, 6) is 0. The Morgan fingerprint density at radius 2 is 1.86 bits per heavy atom. The van der Waals surface area contributed by atoms with Gasteiger partial charge in [0.05, 0.1) is 0 Å². The van der Waals surface area contributed by atoms with Crippen molar-refractivity contribution in [1.82, 2.24) is 0 Å². The summed E-state index contributed by atoms with van der Waals surface area (Å²) in [6.45, 7) is 0. The lowest BCUT2D eigenvalue weighted by Gasteiger charge is -1.85. The molecule has 7 heavy (non-hydrogen) atoms. The Kier molecular flexibility index (Phi) is 1.98. The molecule has 36 valence electrons. The van der Waals surface area contributed by atoms with Crippen LogP contribution in [-0.2, 0) is 0 Å². The van der Waals surface area contributed by atoms with Crippen LogP contribution in [0.4, 0.5) is 0 Å². The van der Waals surface area contributed by atoms with Gasteiger partial charge in [-0.2, -0.15) is 0 Å². The molecule has 0 fully saturated rings. The number of hydrogen-bond donors (Lipinski definition) is 0. The van der Waals surface area contributed by atoms with Crippen LogP contribution >= 0.6 is 0 Å². The van der Waals surface area contributed by atoms with E-state index < -0.39 is 0 Å². The predicted octanol–water partition coefficient (Wildman–Crippen LogP) is 1.80. The molecule has 0 unspecified atom stereocenters. The van der Waals surface area contributed by atoms with Crippen LogP contribution in [0.1, 0.15) is 25.7 Å². The molecule has 0 aromatic rings. The van der Waals surface area contributed by atoms with Gasteiger partial charge in [0.15, 0.2) is 0 Å². The van der Waals surface area contributed by atoms with Crippen molar-refractivity contribution in [3.8, 4) is 0 Å². The van der Waals surface area contributed by atoms with Gasteiger partial charge in [-0.3, -0.25) is 0 Å². The normalized spacial score (nSPS) is 21.7. The minimum absolute atomic E-state index is 1.08. The molecule has 0 atom stereocenters. The lowest BCUT2D eigenvalue weighted by atomic mass is 10.2. The van der Waals surface area contributed by atoms with E-state index in [9.17, 15) is 0 Å². The predicted molar refractivity (Wildman–Crippen MR) is 28.2 cm³/mol. The number of rotatable bonds is 0. The maximum atomic E-state index is 2.99. The van der Waals surface area contributed by atoms with Crippen LogP contribution in [0.25, 0.3) is 0 Å². The van der Waals surface area contributed by atoms with Gasteiger partial charge in [0.25, 0.3) is 0 Å². The maximum Gasteiger partial charge on any atom is 0.0171 e. The molecule has 0 heterocycles. The van der Waals surface area contributed by atoms with Gasteiger partial charge in [0.2, 0.25) is 0 Å². The molecular weight excluding hydrogens is 84.1 g/mol. The van der Waals surface area contributed by atoms with Crippen molar-refractivity contribution in [3.05, 3.63) is 18.6 Å². The molecule has 1 aliphatic carbocycles. The molecule has 0 aromatic carbocycles. The molecule has 1 rings (SSSR count). The van der Waals surface area contributed by atoms with Crippen LogP contribution in [0, 0.1) is 18.6 Å². The van der Waals surface area contributed by atoms with E-state index in [0.29, 0.717) is 0 Å². The van der Waals surface area contributed by atoms with Gasteiger partial charge in [-0.25, -0.2) is 0 Å². The Balaban J connectivity index is 2.20. The fourth-order valence-electron chi connectivity index (χ4n) is 0.614. The van der Waals surface area contributed by atoms with Gasteiger partial charge in [-0.15, -0.1) is 0 Å². The molecule has 0 bridgehead atoms. The maximum absolute atomic E-state index is 2.99. The van der Waals surface area contributed by atoms with Gasteiger partial charge >= 0.3 is 0 Å². The largest absolute Gasteiger partial charge is 0.0521 e. The van der Waals surface area contributed by atoms with Gasteiger partial charge in [0.1, 0.15) is 0 Å². The highest BCUT2D eigenvalue weighted by molar-refractivity contribution is 4.83. The second-order valence-electron chi connectivity index (χ2n) is 1.69. The molecule has 1 aliphatic rings. The molecule has 0 nitrogen and oxygen atoms in total. The Morgan fingerprint density at radius 1 is 1.00 bits per heavy atom. The minimum Gasteiger partial charge on any atom is -0.0521 e. The van der Waals surface area contributed by atoms with Gasteiger partial charge < -0.3 is 0 Å². The molecule has 0 spiro atoms. The van der Waals surface area contributed by atoms with Crippen molar-refractivity contribution < 1.29 is 0 Å². The first-order chi connectivity index (χ1) is 3.50. The van der Waals surface area contributed by atoms with Crippen LogP contribution in [0.2, 0.25) is 0 Å². The number of allylic oxidation sites excluding steroid dienone is 2. The molecule has 0 amide bonds. The summed E-state index contributed by atoms with van der Waals surface area (Å²) in [6, 6.07) is 0. The van der Waals surface area contributed by atoms with E-state index in [1.165, 1.54) is 12.8 Å². The first-order valence-electron chi connectivity index (χ1n) is 2.71. The molecular formula is C7H8. The highest BCUT2D eigenvalue weighted by Gasteiger charge is 1.90. The Hall–Kier alpha value is -0.260. The summed E-state index contributed by atoms with van der Waals surface area (Å²) >= 11 is 0. The zero-order valence-electron chi connectivity index (χ0n) is 4.33. The second kappa shape index (κ2) is 2.84. The van der Waals surface area contributed by atoms with E-state index in [-0.39, 0.29) is 0 Å². The van der Waals surface area contributed by atoms with Crippen LogP contribution in [0.5, 0.6) is 0 Å². The third-order valence-corrected chi connectivity index (χ3v) is 1.03. The molecule has 0 saturated carbocycles. The molecule has 0 aromatic heterocycles. The molecule has 0 aliphatic heterocycles. The SMILES string of the molecule is [C]1[C]=[C]CCCC1. The Bertz CT molecular complexity index is 54.4. The third-order valence-electron chi connectivity index (χ3n) is 1.03. The van der Waals surface area contributed by atoms with E-state index in [2.05, 4.69) is 18.6 Å². The van der Waals surface area contributed by atoms with Crippen LogP contribution < -0.4 is 0 Å². The van der Waals surface area contributed by atoms with E-state index >= 15 is 0 Å². The summed E-state index contributed by atoms with van der Waals surface area (Å²) in [5, 5.41) is 0. The highest BCUT2D eigenvalue weighted by atomic mass is 13.9. The monoisotopic (exact) mass is 92.1 g/mol. The van der Waals surface area contributed by atoms with Crippen molar-refractivity contribution in [2.75, 3.05) is 0 Å². The quantitative estimate of drug-likeness (QED) is 0.427. The third kappa shape index (κ3) is 1.77. The van der Waals surface area contributed by atoms with Gasteiger partial charge in [-0.05, 0) is 31.4 Å². The van der Waals surface area contributed by atoms with E-state index in [0.717, 1.165) is 12.8 Å². The zero-order chi connectivity index (χ0) is 4.95. The molecule has 0 saturated heterocycles. The summed E-state index contributed by atoms with van der Waals surface area (Å²) in [6.07, 6.45) is 13.5. The van der Waals surface area contributed by atoms with Gasteiger partial charge in [-0.1, -0.05) is 6.42 Å². The van der Waals surface area contributed by atoms with Crippen molar-refractivity contribution in [2.24, 2.45) is 0 Å². The number of hydrogen-bond acceptors (Lipinski definition) is 0. The fraction of sp³-hybridized carbons (Fsp3) is 0.571. The minimum atomic E-state index is 1.08. The van der Waals surface area contributed by atoms with Crippen LogP contribution in [0.3, 0.4) is 0 Å². The van der Waals surface area contributed by atoms with Crippen molar-refractivity contribution in [1.29, 1.82) is 0 Å². The van der Waals surface area contributed by atoms with E-state index in [4.69, 9.17) is 0 Å². The van der Waals surface area contributed by atoms with Crippen molar-refractivity contribution in [3.63, 3.8) is 0 Å². The first kappa shape index (κ1) is 4.89. The van der Waals surface area contributed by atoms with Crippen LogP contribution in [0.15, 0.2) is 0 Å². The molecule has 0 N–H and O–H groups in total. The van der Waals surface area contributed by atoms with E-state index in [1.54, 1.807) is 0 Å². The summed E-state index contributed by atoms with van der Waals surface area (Å²) in [4.78, 5) is 0. The van der Waals surface area contributed by atoms with E-state index in [1.807, 2.05) is 0 Å². The average molecular weight is 92.1 g/mol. The summed E-state index contributed by atoms with van der Waals surface area (Å²) in [5.41, 5.74) is 0. The topological polar surface area (TPSA) is 0 Å². The smallest absolute Gasteiger partial charge is 0.0171 e. The highest BCUT2D eigenvalue weighted by Crippen LogP contribution is 2.06. The Morgan fingerprint density at radius 3 is 2.86 bits per heavy atom.